The van der Waals surface area contributed by atoms with Crippen molar-refractivity contribution in [1.82, 2.24) is 15.0 Å². The number of hydrogen-bond acceptors (Lipinski definition) is 5. The molecule has 0 aliphatic heterocycles. The molecule has 124 valence electrons. The first-order valence-corrected chi connectivity index (χ1v) is 8.96. The van der Waals surface area contributed by atoms with E-state index in [1.807, 2.05) is 38.1 Å². The molecule has 0 saturated heterocycles. The van der Waals surface area contributed by atoms with Crippen molar-refractivity contribution in [1.29, 1.82) is 0 Å². The molecule has 0 radical (unpaired) electrons. The van der Waals surface area contributed by atoms with Crippen LogP contribution in [0.2, 0.25) is 0 Å². The number of para-hydroxylation sites is 1. The standard InChI is InChI=1S/C20H18N4S/c1-12-8-9-15(19-23-16-6-4-5-7-18(16)25-19)11-17(12)24-20-21-13(2)10-14(3)22-20/h4-11H,1-3H3,(H,21,22,24). The summed E-state index contributed by atoms with van der Waals surface area (Å²) in [5.74, 6) is 0.627. The van der Waals surface area contributed by atoms with E-state index >= 15 is 0 Å². The van der Waals surface area contributed by atoms with Crippen molar-refractivity contribution in [3.8, 4) is 10.6 Å². The van der Waals surface area contributed by atoms with Gasteiger partial charge in [-0.2, -0.15) is 0 Å². The van der Waals surface area contributed by atoms with Gasteiger partial charge in [0.25, 0.3) is 0 Å². The molecule has 0 bridgehead atoms. The Balaban J connectivity index is 1.73. The summed E-state index contributed by atoms with van der Waals surface area (Å²) in [6.07, 6.45) is 0. The quantitative estimate of drug-likeness (QED) is 0.538. The highest BCUT2D eigenvalue weighted by Crippen LogP contribution is 2.32. The SMILES string of the molecule is Cc1cc(C)nc(Nc2cc(-c3nc4ccccc4s3)ccc2C)n1. The summed E-state index contributed by atoms with van der Waals surface area (Å²) in [7, 11) is 0. The van der Waals surface area contributed by atoms with Crippen LogP contribution >= 0.6 is 11.3 Å². The predicted octanol–water partition coefficient (Wildman–Crippen LogP) is 5.42. The van der Waals surface area contributed by atoms with E-state index in [0.29, 0.717) is 5.95 Å². The Kier molecular flexibility index (Phi) is 3.93. The zero-order valence-corrected chi connectivity index (χ0v) is 15.2. The molecule has 2 aromatic carbocycles. The average molecular weight is 346 g/mol. The van der Waals surface area contributed by atoms with E-state index in [1.165, 1.54) is 4.70 Å². The second kappa shape index (κ2) is 6.26. The van der Waals surface area contributed by atoms with Crippen LogP contribution in [0.25, 0.3) is 20.8 Å². The minimum Gasteiger partial charge on any atom is -0.324 e. The number of aromatic nitrogens is 3. The average Bonchev–Trinajstić information content (AvgIpc) is 3.00. The Morgan fingerprint density at radius 1 is 0.840 bits per heavy atom. The first kappa shape index (κ1) is 15.7. The number of rotatable bonds is 3. The van der Waals surface area contributed by atoms with Gasteiger partial charge in [0.15, 0.2) is 0 Å². The normalized spacial score (nSPS) is 11.0. The molecule has 0 amide bonds. The maximum Gasteiger partial charge on any atom is 0.227 e. The second-order valence-corrected chi connectivity index (χ2v) is 7.15. The summed E-state index contributed by atoms with van der Waals surface area (Å²) in [6.45, 7) is 6.03. The van der Waals surface area contributed by atoms with Crippen molar-refractivity contribution in [2.24, 2.45) is 0 Å². The number of nitrogens with one attached hydrogen (secondary N) is 1. The summed E-state index contributed by atoms with van der Waals surface area (Å²) >= 11 is 1.71. The second-order valence-electron chi connectivity index (χ2n) is 6.12. The minimum atomic E-state index is 0.627. The molecule has 5 heteroatoms. The monoisotopic (exact) mass is 346 g/mol. The van der Waals surface area contributed by atoms with E-state index in [4.69, 9.17) is 4.98 Å². The van der Waals surface area contributed by atoms with Gasteiger partial charge in [0.05, 0.1) is 10.2 Å². The minimum absolute atomic E-state index is 0.627. The molecule has 25 heavy (non-hydrogen) atoms. The highest BCUT2D eigenvalue weighted by molar-refractivity contribution is 7.21. The van der Waals surface area contributed by atoms with Crippen LogP contribution in [-0.4, -0.2) is 15.0 Å². The molecule has 4 nitrogen and oxygen atoms in total. The van der Waals surface area contributed by atoms with E-state index in [1.54, 1.807) is 11.3 Å². The Bertz CT molecular complexity index is 1020. The Labute approximate surface area is 150 Å². The van der Waals surface area contributed by atoms with Crippen molar-refractivity contribution < 1.29 is 0 Å². The fourth-order valence-corrected chi connectivity index (χ4v) is 3.75. The Morgan fingerprint density at radius 2 is 1.60 bits per heavy atom. The molecule has 0 unspecified atom stereocenters. The van der Waals surface area contributed by atoms with Gasteiger partial charge in [-0.3, -0.25) is 0 Å². The number of anilines is 2. The van der Waals surface area contributed by atoms with Gasteiger partial charge in [-0.25, -0.2) is 15.0 Å². The fraction of sp³-hybridized carbons (Fsp3) is 0.150. The van der Waals surface area contributed by atoms with Crippen LogP contribution in [0.1, 0.15) is 17.0 Å². The number of aryl methyl sites for hydroxylation is 3. The molecule has 0 aliphatic rings. The Morgan fingerprint density at radius 3 is 2.36 bits per heavy atom. The zero-order chi connectivity index (χ0) is 17.4. The number of hydrogen-bond donors (Lipinski definition) is 1. The highest BCUT2D eigenvalue weighted by atomic mass is 32.1. The van der Waals surface area contributed by atoms with E-state index < -0.39 is 0 Å². The van der Waals surface area contributed by atoms with E-state index in [2.05, 4.69) is 46.5 Å². The summed E-state index contributed by atoms with van der Waals surface area (Å²) in [5.41, 5.74) is 6.19. The predicted molar refractivity (Wildman–Crippen MR) is 105 cm³/mol. The van der Waals surface area contributed by atoms with E-state index in [9.17, 15) is 0 Å². The van der Waals surface area contributed by atoms with E-state index in [0.717, 1.165) is 38.7 Å². The lowest BCUT2D eigenvalue weighted by molar-refractivity contribution is 1.06. The first-order chi connectivity index (χ1) is 12.1. The zero-order valence-electron chi connectivity index (χ0n) is 14.4. The summed E-state index contributed by atoms with van der Waals surface area (Å²) in [4.78, 5) is 13.7. The van der Waals surface area contributed by atoms with E-state index in [-0.39, 0.29) is 0 Å². The lowest BCUT2D eigenvalue weighted by Crippen LogP contribution is -2.01. The van der Waals surface area contributed by atoms with Gasteiger partial charge in [0, 0.05) is 22.6 Å². The van der Waals surface area contributed by atoms with Crippen molar-refractivity contribution >= 4 is 33.2 Å². The van der Waals surface area contributed by atoms with Gasteiger partial charge in [-0.15, -0.1) is 11.3 Å². The molecular weight excluding hydrogens is 328 g/mol. The molecule has 2 heterocycles. The molecule has 4 aromatic rings. The lowest BCUT2D eigenvalue weighted by Gasteiger charge is -2.10. The number of fused-ring (bicyclic) bond motifs is 1. The molecule has 0 fully saturated rings. The molecule has 0 spiro atoms. The van der Waals surface area contributed by atoms with Crippen molar-refractivity contribution in [3.05, 3.63) is 65.5 Å². The lowest BCUT2D eigenvalue weighted by atomic mass is 10.1. The van der Waals surface area contributed by atoms with Gasteiger partial charge in [-0.05, 0) is 50.6 Å². The van der Waals surface area contributed by atoms with Crippen molar-refractivity contribution in [2.75, 3.05) is 5.32 Å². The van der Waals surface area contributed by atoms with Gasteiger partial charge in [0.2, 0.25) is 5.95 Å². The van der Waals surface area contributed by atoms with Crippen LogP contribution < -0.4 is 5.32 Å². The van der Waals surface area contributed by atoms with Crippen LogP contribution in [-0.2, 0) is 0 Å². The van der Waals surface area contributed by atoms with Crippen LogP contribution in [0, 0.1) is 20.8 Å². The Hall–Kier alpha value is -2.79. The molecule has 1 N–H and O–H groups in total. The molecule has 2 aromatic heterocycles. The van der Waals surface area contributed by atoms with Gasteiger partial charge in [0.1, 0.15) is 5.01 Å². The van der Waals surface area contributed by atoms with Crippen molar-refractivity contribution in [3.63, 3.8) is 0 Å². The fourth-order valence-electron chi connectivity index (χ4n) is 2.79. The third-order valence-corrected chi connectivity index (χ3v) is 5.09. The summed E-state index contributed by atoms with van der Waals surface area (Å²) in [6, 6.07) is 16.5. The molecule has 0 aliphatic carbocycles. The molecular formula is C20H18N4S. The summed E-state index contributed by atoms with van der Waals surface area (Å²) < 4.78 is 1.20. The van der Waals surface area contributed by atoms with Gasteiger partial charge >= 0.3 is 0 Å². The van der Waals surface area contributed by atoms with Gasteiger partial charge < -0.3 is 5.32 Å². The van der Waals surface area contributed by atoms with Crippen molar-refractivity contribution in [2.45, 2.75) is 20.8 Å². The van der Waals surface area contributed by atoms with Crippen LogP contribution in [0.5, 0.6) is 0 Å². The van der Waals surface area contributed by atoms with Crippen LogP contribution in [0.4, 0.5) is 11.6 Å². The topological polar surface area (TPSA) is 50.7 Å². The van der Waals surface area contributed by atoms with Crippen LogP contribution in [0.15, 0.2) is 48.5 Å². The van der Waals surface area contributed by atoms with Gasteiger partial charge in [-0.1, -0.05) is 24.3 Å². The third kappa shape index (κ3) is 3.23. The maximum absolute atomic E-state index is 4.75. The summed E-state index contributed by atoms with van der Waals surface area (Å²) in [5, 5.41) is 4.37. The smallest absolute Gasteiger partial charge is 0.227 e. The number of benzene rings is 2. The molecule has 0 saturated carbocycles. The highest BCUT2D eigenvalue weighted by Gasteiger charge is 2.09. The molecule has 4 rings (SSSR count). The number of nitrogens with zero attached hydrogens (tertiary/aromatic N) is 3. The first-order valence-electron chi connectivity index (χ1n) is 8.14. The number of thiazole rings is 1. The third-order valence-electron chi connectivity index (χ3n) is 4.01. The van der Waals surface area contributed by atoms with Crippen LogP contribution in [0.3, 0.4) is 0 Å². The molecule has 0 atom stereocenters. The maximum atomic E-state index is 4.75. The largest absolute Gasteiger partial charge is 0.324 e.